The van der Waals surface area contributed by atoms with Crippen molar-refractivity contribution in [3.8, 4) is 0 Å². The number of hydrogen-bond donors (Lipinski definition) is 3. The van der Waals surface area contributed by atoms with Gasteiger partial charge in [0, 0.05) is 25.5 Å². The predicted octanol–water partition coefficient (Wildman–Crippen LogP) is 0.267. The third-order valence-corrected chi connectivity index (χ3v) is 3.03. The normalized spacial score (nSPS) is 10.1. The third-order valence-electron chi connectivity index (χ3n) is 2.08. The smallest absolute Gasteiger partial charge is 0.251 e. The van der Waals surface area contributed by atoms with Crippen LogP contribution < -0.4 is 10.7 Å². The quantitative estimate of drug-likeness (QED) is 0.225. The first-order chi connectivity index (χ1) is 8.49. The molecule has 3 N–H and O–H groups in total. The molecule has 0 aromatic carbocycles. The van der Waals surface area contributed by atoms with Crippen LogP contribution in [0, 0.1) is 22.4 Å². The first kappa shape index (κ1) is 14.3. The molecule has 0 aliphatic carbocycles. The molecule has 1 aromatic rings. The van der Waals surface area contributed by atoms with Crippen LogP contribution in [0.25, 0.3) is 0 Å². The fourth-order valence-electron chi connectivity index (χ4n) is 1.34. The molecule has 1 aromatic heterocycles. The van der Waals surface area contributed by atoms with Crippen LogP contribution in [0.2, 0.25) is 0 Å². The molecule has 1 heterocycles. The summed E-state index contributed by atoms with van der Waals surface area (Å²) in [5, 5.41) is 19.0. The molecule has 0 unspecified atom stereocenters. The largest absolute Gasteiger partial charge is 0.351 e. The Kier molecular flexibility index (Phi) is 5.43. The number of rotatable bonds is 6. The van der Waals surface area contributed by atoms with Gasteiger partial charge in [0.1, 0.15) is 5.82 Å². The topological polar surface area (TPSA) is 109 Å². The van der Waals surface area contributed by atoms with Gasteiger partial charge < -0.3 is 9.88 Å². The maximum absolute atomic E-state index is 10.0. The van der Waals surface area contributed by atoms with Crippen LogP contribution in [0.4, 0.5) is 0 Å². The van der Waals surface area contributed by atoms with Crippen LogP contribution in [0.1, 0.15) is 11.5 Å². The van der Waals surface area contributed by atoms with Gasteiger partial charge in [0.05, 0.1) is 11.4 Å². The number of nitrogens with one attached hydrogen (secondary N) is 3. The zero-order valence-corrected chi connectivity index (χ0v) is 11.1. The molecule has 0 saturated carbocycles. The molecular formula is C9H16N6O2S. The van der Waals surface area contributed by atoms with Gasteiger partial charge in [-0.2, -0.15) is 11.8 Å². The lowest BCUT2D eigenvalue weighted by atomic mass is 10.6. The highest BCUT2D eigenvalue weighted by Crippen LogP contribution is 2.10. The Morgan fingerprint density at radius 2 is 2.44 bits per heavy atom. The lowest BCUT2D eigenvalue weighted by molar-refractivity contribution is -0.525. The summed E-state index contributed by atoms with van der Waals surface area (Å²) in [6, 6.07) is 0. The van der Waals surface area contributed by atoms with E-state index in [-0.39, 0.29) is 5.96 Å². The molecule has 0 radical (unpaired) electrons. The Hall–Kier alpha value is -1.77. The van der Waals surface area contributed by atoms with E-state index >= 15 is 0 Å². The van der Waals surface area contributed by atoms with Crippen molar-refractivity contribution in [3.05, 3.63) is 27.8 Å². The minimum atomic E-state index is -0.765. The van der Waals surface area contributed by atoms with E-state index in [2.05, 4.69) is 10.3 Å². The van der Waals surface area contributed by atoms with Crippen LogP contribution in [0.3, 0.4) is 0 Å². The second kappa shape index (κ2) is 6.84. The number of hydrogen-bond acceptors (Lipinski definition) is 5. The monoisotopic (exact) mass is 272 g/mol. The second-order valence-corrected chi connectivity index (χ2v) is 4.74. The summed E-state index contributed by atoms with van der Waals surface area (Å²) >= 11 is 1.65. The average molecular weight is 272 g/mol. The summed E-state index contributed by atoms with van der Waals surface area (Å²) in [5.41, 5.74) is 2.72. The first-order valence-electron chi connectivity index (χ1n) is 5.29. The number of imidazole rings is 1. The average Bonchev–Trinajstić information content (AvgIpc) is 2.56. The Balaban J connectivity index is 2.14. The number of guanidine groups is 1. The number of hydrazine groups is 1. The number of nitro groups is 1. The van der Waals surface area contributed by atoms with Crippen molar-refractivity contribution < 1.29 is 5.03 Å². The van der Waals surface area contributed by atoms with Crippen molar-refractivity contribution in [2.24, 2.45) is 7.05 Å². The van der Waals surface area contributed by atoms with Crippen molar-refractivity contribution in [2.45, 2.75) is 12.7 Å². The van der Waals surface area contributed by atoms with Crippen molar-refractivity contribution in [1.29, 1.82) is 5.41 Å². The van der Waals surface area contributed by atoms with E-state index in [4.69, 9.17) is 5.41 Å². The SMILES string of the molecule is Cc1cn(C)c(CSCCNC(=N)N[N+](=O)[O-])n1. The Labute approximate surface area is 109 Å². The lowest BCUT2D eigenvalue weighted by Gasteiger charge is -2.05. The van der Waals surface area contributed by atoms with Crippen molar-refractivity contribution in [2.75, 3.05) is 12.3 Å². The van der Waals surface area contributed by atoms with Crippen molar-refractivity contribution in [3.63, 3.8) is 0 Å². The molecule has 0 amide bonds. The van der Waals surface area contributed by atoms with Gasteiger partial charge in [0.25, 0.3) is 5.96 Å². The van der Waals surface area contributed by atoms with Gasteiger partial charge in [-0.05, 0) is 6.92 Å². The summed E-state index contributed by atoms with van der Waals surface area (Å²) < 4.78 is 1.98. The highest BCUT2D eigenvalue weighted by molar-refractivity contribution is 7.98. The minimum absolute atomic E-state index is 0.298. The summed E-state index contributed by atoms with van der Waals surface area (Å²) in [5.74, 6) is 2.22. The maximum atomic E-state index is 10.0. The Bertz CT molecular complexity index is 433. The number of nitrogens with zero attached hydrogens (tertiary/aromatic N) is 3. The Morgan fingerprint density at radius 3 is 3.00 bits per heavy atom. The molecule has 0 fully saturated rings. The maximum Gasteiger partial charge on any atom is 0.251 e. The minimum Gasteiger partial charge on any atom is -0.351 e. The van der Waals surface area contributed by atoms with E-state index in [1.807, 2.05) is 24.7 Å². The molecule has 18 heavy (non-hydrogen) atoms. The molecule has 0 saturated heterocycles. The van der Waals surface area contributed by atoms with E-state index in [1.165, 1.54) is 0 Å². The van der Waals surface area contributed by atoms with Gasteiger partial charge in [-0.3, -0.25) is 5.41 Å². The van der Waals surface area contributed by atoms with E-state index < -0.39 is 5.03 Å². The fraction of sp³-hybridized carbons (Fsp3) is 0.556. The second-order valence-electron chi connectivity index (χ2n) is 3.63. The van der Waals surface area contributed by atoms with Crippen LogP contribution in [0.15, 0.2) is 6.20 Å². The molecular weight excluding hydrogens is 256 g/mol. The van der Waals surface area contributed by atoms with Gasteiger partial charge >= 0.3 is 0 Å². The predicted molar refractivity (Wildman–Crippen MR) is 70.0 cm³/mol. The first-order valence-corrected chi connectivity index (χ1v) is 6.44. The van der Waals surface area contributed by atoms with E-state index in [1.54, 1.807) is 17.2 Å². The number of thioether (sulfide) groups is 1. The van der Waals surface area contributed by atoms with Gasteiger partial charge in [0.15, 0.2) is 5.03 Å². The third kappa shape index (κ3) is 5.04. The van der Waals surface area contributed by atoms with E-state index in [0.717, 1.165) is 23.0 Å². The van der Waals surface area contributed by atoms with Gasteiger partial charge in [0.2, 0.25) is 0 Å². The van der Waals surface area contributed by atoms with Crippen LogP contribution in [-0.4, -0.2) is 32.8 Å². The van der Waals surface area contributed by atoms with E-state index in [0.29, 0.717) is 6.54 Å². The van der Waals surface area contributed by atoms with Crippen molar-refractivity contribution >= 4 is 17.7 Å². The van der Waals surface area contributed by atoms with Crippen LogP contribution >= 0.6 is 11.8 Å². The zero-order chi connectivity index (χ0) is 13.5. The molecule has 8 nitrogen and oxygen atoms in total. The van der Waals surface area contributed by atoms with Crippen LogP contribution in [0.5, 0.6) is 0 Å². The molecule has 9 heteroatoms. The summed E-state index contributed by atoms with van der Waals surface area (Å²) in [7, 11) is 1.95. The number of aryl methyl sites for hydroxylation is 2. The molecule has 0 aliphatic rings. The summed E-state index contributed by atoms with van der Waals surface area (Å²) in [4.78, 5) is 14.4. The molecule has 0 spiro atoms. The Morgan fingerprint density at radius 1 is 1.72 bits per heavy atom. The molecule has 0 bridgehead atoms. The summed E-state index contributed by atoms with van der Waals surface area (Å²) in [6.07, 6.45) is 1.96. The standard InChI is InChI=1S/C9H16N6O2S/c1-7-5-14(2)8(12-7)6-18-4-3-11-9(10)13-15(16)17/h5H,3-4,6H2,1-2H3,(H3,10,11,13). The van der Waals surface area contributed by atoms with Crippen LogP contribution in [-0.2, 0) is 12.8 Å². The van der Waals surface area contributed by atoms with Crippen molar-refractivity contribution in [1.82, 2.24) is 20.3 Å². The highest BCUT2D eigenvalue weighted by Gasteiger charge is 2.03. The number of aromatic nitrogens is 2. The summed E-state index contributed by atoms with van der Waals surface area (Å²) in [6.45, 7) is 2.44. The van der Waals surface area contributed by atoms with Gasteiger partial charge in [-0.25, -0.2) is 15.1 Å². The van der Waals surface area contributed by atoms with Gasteiger partial charge in [-0.15, -0.1) is 0 Å². The molecule has 100 valence electrons. The fourth-order valence-corrected chi connectivity index (χ4v) is 2.18. The lowest BCUT2D eigenvalue weighted by Crippen LogP contribution is -2.40. The molecule has 1 rings (SSSR count). The molecule has 0 aliphatic heterocycles. The highest BCUT2D eigenvalue weighted by atomic mass is 32.2. The van der Waals surface area contributed by atoms with Gasteiger partial charge in [-0.1, -0.05) is 5.43 Å². The molecule has 0 atom stereocenters. The van der Waals surface area contributed by atoms with E-state index in [9.17, 15) is 10.1 Å². The zero-order valence-electron chi connectivity index (χ0n) is 10.3.